The van der Waals surface area contributed by atoms with Gasteiger partial charge in [-0.15, -0.1) is 0 Å². The van der Waals surface area contributed by atoms with E-state index in [0.29, 0.717) is 5.75 Å². The lowest BCUT2D eigenvalue weighted by Crippen LogP contribution is -2.45. The summed E-state index contributed by atoms with van der Waals surface area (Å²) in [6.45, 7) is 8.09. The first-order valence-corrected chi connectivity index (χ1v) is 8.13. The predicted octanol–water partition coefficient (Wildman–Crippen LogP) is 2.23. The van der Waals surface area contributed by atoms with Gasteiger partial charge in [0.15, 0.2) is 9.84 Å². The van der Waals surface area contributed by atoms with Gasteiger partial charge in [0.25, 0.3) is 0 Å². The summed E-state index contributed by atoms with van der Waals surface area (Å²) in [6.07, 6.45) is 1.04. The van der Waals surface area contributed by atoms with E-state index in [2.05, 4.69) is 20.8 Å². The van der Waals surface area contributed by atoms with Gasteiger partial charge in [-0.3, -0.25) is 0 Å². The van der Waals surface area contributed by atoms with E-state index in [4.69, 9.17) is 10.5 Å². The molecule has 0 saturated carbocycles. The van der Waals surface area contributed by atoms with Gasteiger partial charge < -0.3 is 10.5 Å². The zero-order valence-electron chi connectivity index (χ0n) is 12.2. The fourth-order valence-electron chi connectivity index (χ4n) is 1.98. The molecule has 0 aromatic heterocycles. The van der Waals surface area contributed by atoms with Crippen LogP contribution in [0.2, 0.25) is 0 Å². The minimum absolute atomic E-state index is 0.0936. The fourth-order valence-corrected chi connectivity index (χ4v) is 2.62. The molecule has 1 aromatic rings. The van der Waals surface area contributed by atoms with Crippen molar-refractivity contribution in [3.8, 4) is 5.75 Å². The summed E-state index contributed by atoms with van der Waals surface area (Å²) in [4.78, 5) is 0.285. The normalized spacial score (nSPS) is 15.9. The van der Waals surface area contributed by atoms with E-state index >= 15 is 0 Å². The van der Waals surface area contributed by atoms with Crippen molar-refractivity contribution < 1.29 is 13.2 Å². The Kier molecular flexibility index (Phi) is 4.63. The molecular formula is C14H23NO3S. The van der Waals surface area contributed by atoms with Crippen LogP contribution in [-0.2, 0) is 9.84 Å². The largest absolute Gasteiger partial charge is 0.488 e. The highest BCUT2D eigenvalue weighted by Gasteiger charge is 2.29. The van der Waals surface area contributed by atoms with Gasteiger partial charge in [0.05, 0.1) is 4.90 Å². The highest BCUT2D eigenvalue weighted by molar-refractivity contribution is 7.90. The van der Waals surface area contributed by atoms with Crippen molar-refractivity contribution >= 4 is 9.84 Å². The molecule has 0 saturated heterocycles. The summed E-state index contributed by atoms with van der Waals surface area (Å²) < 4.78 is 28.6. The van der Waals surface area contributed by atoms with E-state index in [1.54, 1.807) is 24.3 Å². The lowest BCUT2D eigenvalue weighted by molar-refractivity contribution is 0.0684. The SMILES string of the molecule is CC(N)C(Oc1ccc(S(C)(=O)=O)cc1)C(C)(C)C. The zero-order chi connectivity index (χ0) is 14.8. The van der Waals surface area contributed by atoms with Gasteiger partial charge in [0, 0.05) is 17.7 Å². The van der Waals surface area contributed by atoms with Crippen LogP contribution >= 0.6 is 0 Å². The van der Waals surface area contributed by atoms with Crippen molar-refractivity contribution in [3.63, 3.8) is 0 Å². The first-order chi connectivity index (χ1) is 8.51. The Bertz CT molecular complexity index is 513. The molecule has 2 atom stereocenters. The minimum atomic E-state index is -3.17. The first kappa shape index (κ1) is 16.0. The minimum Gasteiger partial charge on any atom is -0.488 e. The number of rotatable bonds is 4. The molecule has 0 aliphatic rings. The molecule has 5 heteroatoms. The fraction of sp³-hybridized carbons (Fsp3) is 0.571. The molecule has 0 aliphatic carbocycles. The highest BCUT2D eigenvalue weighted by Crippen LogP contribution is 2.27. The summed E-state index contributed by atoms with van der Waals surface area (Å²) in [5, 5.41) is 0. The average Bonchev–Trinajstić information content (AvgIpc) is 2.23. The molecular weight excluding hydrogens is 262 g/mol. The van der Waals surface area contributed by atoms with E-state index in [9.17, 15) is 8.42 Å². The zero-order valence-corrected chi connectivity index (χ0v) is 13.0. The van der Waals surface area contributed by atoms with Gasteiger partial charge in [-0.05, 0) is 31.2 Å². The molecule has 0 heterocycles. The van der Waals surface area contributed by atoms with E-state index in [-0.39, 0.29) is 22.5 Å². The standard InChI is InChI=1S/C14H23NO3S/c1-10(15)13(14(2,3)4)18-11-6-8-12(9-7-11)19(5,16)17/h6-10,13H,15H2,1-5H3. The summed E-state index contributed by atoms with van der Waals surface area (Å²) >= 11 is 0. The molecule has 2 unspecified atom stereocenters. The third kappa shape index (κ3) is 4.51. The van der Waals surface area contributed by atoms with Gasteiger partial charge >= 0.3 is 0 Å². The van der Waals surface area contributed by atoms with Crippen LogP contribution in [0.15, 0.2) is 29.2 Å². The molecule has 19 heavy (non-hydrogen) atoms. The highest BCUT2D eigenvalue weighted by atomic mass is 32.2. The number of hydrogen-bond donors (Lipinski definition) is 1. The number of sulfone groups is 1. The molecule has 0 radical (unpaired) electrons. The van der Waals surface area contributed by atoms with E-state index < -0.39 is 9.84 Å². The Labute approximate surface area is 115 Å². The van der Waals surface area contributed by atoms with Crippen molar-refractivity contribution in [2.45, 2.75) is 44.7 Å². The van der Waals surface area contributed by atoms with E-state index in [0.717, 1.165) is 0 Å². The molecule has 1 aromatic carbocycles. The van der Waals surface area contributed by atoms with Crippen LogP contribution in [0.25, 0.3) is 0 Å². The average molecular weight is 285 g/mol. The van der Waals surface area contributed by atoms with E-state index in [1.165, 1.54) is 6.26 Å². The van der Waals surface area contributed by atoms with Crippen LogP contribution in [0, 0.1) is 5.41 Å². The summed E-state index contributed by atoms with van der Waals surface area (Å²) in [5.41, 5.74) is 5.86. The molecule has 0 amide bonds. The molecule has 0 aliphatic heterocycles. The molecule has 0 bridgehead atoms. The van der Waals surface area contributed by atoms with Crippen molar-refractivity contribution in [1.82, 2.24) is 0 Å². The molecule has 0 spiro atoms. The smallest absolute Gasteiger partial charge is 0.175 e. The van der Waals surface area contributed by atoms with E-state index in [1.807, 2.05) is 6.92 Å². The third-order valence-electron chi connectivity index (χ3n) is 2.85. The molecule has 1 rings (SSSR count). The summed E-state index contributed by atoms with van der Waals surface area (Å²) in [5.74, 6) is 0.629. The van der Waals surface area contributed by atoms with Crippen LogP contribution in [-0.4, -0.2) is 26.8 Å². The topological polar surface area (TPSA) is 69.4 Å². The van der Waals surface area contributed by atoms with Gasteiger partial charge in [-0.1, -0.05) is 20.8 Å². The first-order valence-electron chi connectivity index (χ1n) is 6.24. The van der Waals surface area contributed by atoms with Crippen molar-refractivity contribution in [2.24, 2.45) is 11.1 Å². The summed E-state index contributed by atoms with van der Waals surface area (Å²) in [6, 6.07) is 6.31. The van der Waals surface area contributed by atoms with Gasteiger partial charge in [-0.25, -0.2) is 8.42 Å². The Morgan fingerprint density at radius 1 is 1.16 bits per heavy atom. The van der Waals surface area contributed by atoms with Crippen molar-refractivity contribution in [3.05, 3.63) is 24.3 Å². The Balaban J connectivity index is 2.94. The maximum atomic E-state index is 11.4. The van der Waals surface area contributed by atoms with Crippen LogP contribution in [0.1, 0.15) is 27.7 Å². The van der Waals surface area contributed by atoms with Crippen LogP contribution in [0.5, 0.6) is 5.75 Å². The van der Waals surface area contributed by atoms with Gasteiger partial charge in [0.2, 0.25) is 0 Å². The second kappa shape index (κ2) is 5.51. The molecule has 4 nitrogen and oxygen atoms in total. The maximum Gasteiger partial charge on any atom is 0.175 e. The Hall–Kier alpha value is -1.07. The van der Waals surface area contributed by atoms with Crippen molar-refractivity contribution in [2.75, 3.05) is 6.26 Å². The van der Waals surface area contributed by atoms with Gasteiger partial charge in [0.1, 0.15) is 11.9 Å². The lowest BCUT2D eigenvalue weighted by atomic mass is 9.85. The molecule has 2 N–H and O–H groups in total. The van der Waals surface area contributed by atoms with Crippen molar-refractivity contribution in [1.29, 1.82) is 0 Å². The van der Waals surface area contributed by atoms with Crippen LogP contribution < -0.4 is 10.5 Å². The monoisotopic (exact) mass is 285 g/mol. The molecule has 0 fully saturated rings. The predicted molar refractivity (Wildman–Crippen MR) is 77.1 cm³/mol. The summed E-state index contributed by atoms with van der Waals surface area (Å²) in [7, 11) is -3.17. The van der Waals surface area contributed by atoms with Crippen LogP contribution in [0.4, 0.5) is 0 Å². The number of nitrogens with two attached hydrogens (primary N) is 1. The lowest BCUT2D eigenvalue weighted by Gasteiger charge is -2.34. The quantitative estimate of drug-likeness (QED) is 0.921. The molecule has 108 valence electrons. The number of hydrogen-bond acceptors (Lipinski definition) is 4. The second-order valence-corrected chi connectivity index (χ2v) is 8.02. The number of ether oxygens (including phenoxy) is 1. The maximum absolute atomic E-state index is 11.4. The number of benzene rings is 1. The second-order valence-electron chi connectivity index (χ2n) is 6.01. The third-order valence-corrected chi connectivity index (χ3v) is 3.97. The van der Waals surface area contributed by atoms with Crippen LogP contribution in [0.3, 0.4) is 0 Å². The Morgan fingerprint density at radius 3 is 1.95 bits per heavy atom. The Morgan fingerprint density at radius 2 is 1.63 bits per heavy atom. The van der Waals surface area contributed by atoms with Gasteiger partial charge in [-0.2, -0.15) is 0 Å².